The summed E-state index contributed by atoms with van der Waals surface area (Å²) in [6.07, 6.45) is 1.82. The maximum absolute atomic E-state index is 5.88. The average Bonchev–Trinajstić information content (AvgIpc) is 3.03. The van der Waals surface area contributed by atoms with Crippen molar-refractivity contribution in [2.45, 2.75) is 13.2 Å². The SMILES string of the molecule is COCCNCc1cc(OC)ccc1OCc1cncs1. The molecule has 2 aromatic rings. The zero-order chi connectivity index (χ0) is 14.9. The monoisotopic (exact) mass is 308 g/mol. The van der Waals surface area contributed by atoms with Crippen LogP contribution in [-0.2, 0) is 17.9 Å². The first-order valence-electron chi connectivity index (χ1n) is 6.70. The summed E-state index contributed by atoms with van der Waals surface area (Å²) in [7, 11) is 3.35. The summed E-state index contributed by atoms with van der Waals surface area (Å²) in [6, 6.07) is 5.83. The van der Waals surface area contributed by atoms with E-state index in [2.05, 4.69) is 10.3 Å². The molecule has 1 aromatic heterocycles. The first-order valence-corrected chi connectivity index (χ1v) is 7.58. The van der Waals surface area contributed by atoms with Gasteiger partial charge in [0.15, 0.2) is 0 Å². The van der Waals surface area contributed by atoms with Gasteiger partial charge in [0.25, 0.3) is 0 Å². The fourth-order valence-corrected chi connectivity index (χ4v) is 2.33. The fourth-order valence-electron chi connectivity index (χ4n) is 1.82. The third-order valence-electron chi connectivity index (χ3n) is 2.92. The second-order valence-corrected chi connectivity index (χ2v) is 5.37. The van der Waals surface area contributed by atoms with Crippen LogP contribution >= 0.6 is 11.3 Å². The molecule has 0 aliphatic carbocycles. The molecule has 0 unspecified atom stereocenters. The van der Waals surface area contributed by atoms with E-state index in [0.717, 1.165) is 28.5 Å². The van der Waals surface area contributed by atoms with Crippen LogP contribution in [0, 0.1) is 0 Å². The summed E-state index contributed by atoms with van der Waals surface area (Å²) >= 11 is 1.59. The Balaban J connectivity index is 1.99. The van der Waals surface area contributed by atoms with Gasteiger partial charge < -0.3 is 19.5 Å². The van der Waals surface area contributed by atoms with Crippen molar-refractivity contribution in [3.63, 3.8) is 0 Å². The lowest BCUT2D eigenvalue weighted by Gasteiger charge is -2.13. The van der Waals surface area contributed by atoms with Crippen molar-refractivity contribution >= 4 is 11.3 Å². The van der Waals surface area contributed by atoms with E-state index < -0.39 is 0 Å². The number of aromatic nitrogens is 1. The molecular weight excluding hydrogens is 288 g/mol. The Morgan fingerprint density at radius 3 is 2.90 bits per heavy atom. The number of hydrogen-bond acceptors (Lipinski definition) is 6. The molecule has 0 aliphatic heterocycles. The Morgan fingerprint density at radius 2 is 2.19 bits per heavy atom. The minimum atomic E-state index is 0.530. The van der Waals surface area contributed by atoms with E-state index in [1.807, 2.05) is 24.4 Å². The average molecular weight is 308 g/mol. The van der Waals surface area contributed by atoms with Gasteiger partial charge in [0.1, 0.15) is 18.1 Å². The zero-order valence-electron chi connectivity index (χ0n) is 12.3. The molecule has 0 aliphatic rings. The first kappa shape index (κ1) is 15.8. The highest BCUT2D eigenvalue weighted by Gasteiger charge is 2.07. The van der Waals surface area contributed by atoms with Gasteiger partial charge in [-0.25, -0.2) is 0 Å². The highest BCUT2D eigenvalue weighted by Crippen LogP contribution is 2.25. The number of ether oxygens (including phenoxy) is 3. The van der Waals surface area contributed by atoms with Gasteiger partial charge in [0.05, 0.1) is 24.1 Å². The molecule has 0 fully saturated rings. The van der Waals surface area contributed by atoms with E-state index in [9.17, 15) is 0 Å². The van der Waals surface area contributed by atoms with Crippen LogP contribution in [0.3, 0.4) is 0 Å². The highest BCUT2D eigenvalue weighted by atomic mass is 32.1. The number of methoxy groups -OCH3 is 2. The van der Waals surface area contributed by atoms with Gasteiger partial charge in [0.2, 0.25) is 0 Å². The van der Waals surface area contributed by atoms with Gasteiger partial charge in [-0.3, -0.25) is 4.98 Å². The molecule has 0 saturated heterocycles. The smallest absolute Gasteiger partial charge is 0.124 e. The second kappa shape index (κ2) is 8.61. The van der Waals surface area contributed by atoms with Crippen molar-refractivity contribution in [1.82, 2.24) is 10.3 Å². The van der Waals surface area contributed by atoms with Gasteiger partial charge in [0, 0.05) is 32.0 Å². The zero-order valence-corrected chi connectivity index (χ0v) is 13.1. The van der Waals surface area contributed by atoms with Crippen LogP contribution in [0.4, 0.5) is 0 Å². The quantitative estimate of drug-likeness (QED) is 0.721. The molecule has 1 aromatic carbocycles. The molecule has 0 atom stereocenters. The number of benzene rings is 1. The number of hydrogen-bond donors (Lipinski definition) is 1. The van der Waals surface area contributed by atoms with Crippen molar-refractivity contribution < 1.29 is 14.2 Å². The minimum absolute atomic E-state index is 0.530. The lowest BCUT2D eigenvalue weighted by molar-refractivity contribution is 0.199. The minimum Gasteiger partial charge on any atom is -0.497 e. The van der Waals surface area contributed by atoms with E-state index in [4.69, 9.17) is 14.2 Å². The predicted octanol–water partition coefficient (Wildman–Crippen LogP) is 2.47. The number of rotatable bonds is 9. The summed E-state index contributed by atoms with van der Waals surface area (Å²) in [6.45, 7) is 2.71. The summed E-state index contributed by atoms with van der Waals surface area (Å²) in [5, 5.41) is 3.32. The second-order valence-electron chi connectivity index (χ2n) is 4.40. The van der Waals surface area contributed by atoms with Gasteiger partial charge in [-0.1, -0.05) is 0 Å². The lowest BCUT2D eigenvalue weighted by atomic mass is 10.2. The van der Waals surface area contributed by atoms with Gasteiger partial charge in [-0.05, 0) is 18.2 Å². The predicted molar refractivity (Wildman–Crippen MR) is 83.0 cm³/mol. The number of nitrogens with one attached hydrogen (secondary N) is 1. The summed E-state index contributed by atoms with van der Waals surface area (Å²) in [5.74, 6) is 1.68. The van der Waals surface area contributed by atoms with Crippen molar-refractivity contribution in [3.8, 4) is 11.5 Å². The molecule has 0 bridgehead atoms. The molecule has 0 spiro atoms. The van der Waals surface area contributed by atoms with Crippen LogP contribution < -0.4 is 14.8 Å². The molecule has 0 amide bonds. The van der Waals surface area contributed by atoms with Gasteiger partial charge in [-0.15, -0.1) is 11.3 Å². The summed E-state index contributed by atoms with van der Waals surface area (Å²) in [5.41, 5.74) is 2.87. The first-order chi connectivity index (χ1) is 10.3. The molecule has 21 heavy (non-hydrogen) atoms. The van der Waals surface area contributed by atoms with E-state index >= 15 is 0 Å². The van der Waals surface area contributed by atoms with E-state index in [0.29, 0.717) is 19.8 Å². The fraction of sp³-hybridized carbons (Fsp3) is 0.400. The molecule has 114 valence electrons. The van der Waals surface area contributed by atoms with Crippen LogP contribution in [0.1, 0.15) is 10.4 Å². The van der Waals surface area contributed by atoms with Crippen molar-refractivity contribution in [2.75, 3.05) is 27.4 Å². The molecule has 0 saturated carbocycles. The molecule has 0 radical (unpaired) electrons. The van der Waals surface area contributed by atoms with Crippen molar-refractivity contribution in [2.24, 2.45) is 0 Å². The normalized spacial score (nSPS) is 10.6. The lowest BCUT2D eigenvalue weighted by Crippen LogP contribution is -2.19. The Bertz CT molecular complexity index is 532. The molecule has 5 nitrogen and oxygen atoms in total. The maximum atomic E-state index is 5.88. The highest BCUT2D eigenvalue weighted by molar-refractivity contribution is 7.09. The van der Waals surface area contributed by atoms with Gasteiger partial charge in [-0.2, -0.15) is 0 Å². The third kappa shape index (κ3) is 5.00. The van der Waals surface area contributed by atoms with Crippen LogP contribution in [0.5, 0.6) is 11.5 Å². The largest absolute Gasteiger partial charge is 0.497 e. The van der Waals surface area contributed by atoms with Crippen LogP contribution in [0.25, 0.3) is 0 Å². The van der Waals surface area contributed by atoms with Gasteiger partial charge >= 0.3 is 0 Å². The Labute approximate surface area is 128 Å². The third-order valence-corrected chi connectivity index (χ3v) is 3.67. The molecule has 1 N–H and O–H groups in total. The van der Waals surface area contributed by atoms with E-state index in [-0.39, 0.29) is 0 Å². The molecule has 1 heterocycles. The topological polar surface area (TPSA) is 52.6 Å². The van der Waals surface area contributed by atoms with Crippen LogP contribution in [-0.4, -0.2) is 32.4 Å². The van der Waals surface area contributed by atoms with Crippen LogP contribution in [0.15, 0.2) is 29.9 Å². The standard InChI is InChI=1S/C15H20N2O3S/c1-18-6-5-16-8-12-7-13(19-2)3-4-15(12)20-10-14-9-17-11-21-14/h3-4,7,9,11,16H,5-6,8,10H2,1-2H3. The Hall–Kier alpha value is -1.63. The van der Waals surface area contributed by atoms with Crippen molar-refractivity contribution in [1.29, 1.82) is 0 Å². The Kier molecular flexibility index (Phi) is 6.46. The van der Waals surface area contributed by atoms with E-state index in [1.165, 1.54) is 0 Å². The molecule has 2 rings (SSSR count). The van der Waals surface area contributed by atoms with E-state index in [1.54, 1.807) is 31.1 Å². The summed E-state index contributed by atoms with van der Waals surface area (Å²) < 4.78 is 16.2. The molecule has 6 heteroatoms. The van der Waals surface area contributed by atoms with Crippen molar-refractivity contribution in [3.05, 3.63) is 40.3 Å². The maximum Gasteiger partial charge on any atom is 0.124 e. The number of nitrogens with zero attached hydrogens (tertiary/aromatic N) is 1. The summed E-state index contributed by atoms with van der Waals surface area (Å²) in [4.78, 5) is 5.15. The van der Waals surface area contributed by atoms with Crippen LogP contribution in [0.2, 0.25) is 0 Å². The Morgan fingerprint density at radius 1 is 1.29 bits per heavy atom. The molecular formula is C15H20N2O3S. The number of thiazole rings is 1.